The summed E-state index contributed by atoms with van der Waals surface area (Å²) in [5.74, 6) is 8.93. The normalized spacial score (nSPS) is 11.9. The average Bonchev–Trinajstić information content (AvgIpc) is 2.62. The van der Waals surface area contributed by atoms with Crippen LogP contribution in [-0.4, -0.2) is 61.7 Å². The van der Waals surface area contributed by atoms with E-state index in [1.165, 1.54) is 36.5 Å². The van der Waals surface area contributed by atoms with Crippen molar-refractivity contribution >= 4 is 42.6 Å². The molecule has 7 heteroatoms. The Kier molecular flexibility index (Phi) is 22.0. The highest BCUT2D eigenvalue weighted by Gasteiger charge is 2.21. The molecule has 0 fully saturated rings. The van der Waals surface area contributed by atoms with Gasteiger partial charge in [-0.25, -0.2) is 0 Å². The van der Waals surface area contributed by atoms with Crippen molar-refractivity contribution in [3.8, 4) is 0 Å². The number of hydrogen-bond donors (Lipinski definition) is 0. The Labute approximate surface area is 189 Å². The fourth-order valence-electron chi connectivity index (χ4n) is 2.02. The molecular weight excluding hydrogens is 407 g/mol. The van der Waals surface area contributed by atoms with E-state index in [1.54, 1.807) is 0 Å². The maximum atomic E-state index is 5.85. The third-order valence-electron chi connectivity index (χ3n) is 3.96. The molecule has 0 heterocycles. The molecule has 0 spiro atoms. The number of thioether (sulfide) groups is 3. The van der Waals surface area contributed by atoms with Crippen LogP contribution in [0.15, 0.2) is 0 Å². The summed E-state index contributed by atoms with van der Waals surface area (Å²) in [6, 6.07) is 0. The van der Waals surface area contributed by atoms with Gasteiger partial charge in [0.25, 0.3) is 0 Å². The zero-order chi connectivity index (χ0) is 21.0. The highest BCUT2D eigenvalue weighted by Crippen LogP contribution is 2.11. The van der Waals surface area contributed by atoms with Gasteiger partial charge in [-0.2, -0.15) is 35.3 Å². The Hall–Kier alpha value is 0.995. The van der Waals surface area contributed by atoms with Crippen LogP contribution in [0.1, 0.15) is 60.8 Å². The van der Waals surface area contributed by atoms with Gasteiger partial charge in [-0.1, -0.05) is 41.5 Å². The van der Waals surface area contributed by atoms with E-state index >= 15 is 0 Å². The number of hydrogen-bond acceptors (Lipinski definition) is 6. The molecule has 168 valence electrons. The predicted molar refractivity (Wildman–Crippen MR) is 134 cm³/mol. The van der Waals surface area contributed by atoms with Gasteiger partial charge in [-0.15, -0.1) is 0 Å². The summed E-state index contributed by atoms with van der Waals surface area (Å²) < 4.78 is 17.6. The minimum atomic E-state index is -0.512. The van der Waals surface area contributed by atoms with Crippen molar-refractivity contribution in [3.05, 3.63) is 0 Å². The molecule has 0 amide bonds. The SMILES string of the molecule is CC(C)CCSCCOB(OCCSCCC(C)C)OCCSCCC(C)C. The summed E-state index contributed by atoms with van der Waals surface area (Å²) in [7, 11) is -0.512. The van der Waals surface area contributed by atoms with Crippen molar-refractivity contribution in [2.75, 3.05) is 54.3 Å². The first-order valence-corrected chi connectivity index (χ1v) is 14.5. The second-order valence-corrected chi connectivity index (χ2v) is 12.0. The Balaban J connectivity index is 3.89. The maximum absolute atomic E-state index is 5.85. The molecule has 0 bridgehead atoms. The Morgan fingerprint density at radius 3 is 1.04 bits per heavy atom. The monoisotopic (exact) mass is 452 g/mol. The lowest BCUT2D eigenvalue weighted by Gasteiger charge is -2.15. The Morgan fingerprint density at radius 1 is 0.500 bits per heavy atom. The fraction of sp³-hybridized carbons (Fsp3) is 1.00. The van der Waals surface area contributed by atoms with Crippen LogP contribution in [0.25, 0.3) is 0 Å². The van der Waals surface area contributed by atoms with Crippen LogP contribution in [0.5, 0.6) is 0 Å². The Bertz CT molecular complexity index is 274. The summed E-state index contributed by atoms with van der Waals surface area (Å²) in [5.41, 5.74) is 0. The molecule has 0 aromatic carbocycles. The third-order valence-corrected chi connectivity index (χ3v) is 6.90. The summed E-state index contributed by atoms with van der Waals surface area (Å²) in [6.45, 7) is 15.7. The van der Waals surface area contributed by atoms with Crippen LogP contribution < -0.4 is 0 Å². The first-order valence-electron chi connectivity index (χ1n) is 11.0. The van der Waals surface area contributed by atoms with Gasteiger partial charge in [0.15, 0.2) is 0 Å². The molecule has 0 N–H and O–H groups in total. The highest BCUT2D eigenvalue weighted by atomic mass is 32.2. The topological polar surface area (TPSA) is 27.7 Å². The molecule has 0 aromatic rings. The number of rotatable bonds is 21. The van der Waals surface area contributed by atoms with Gasteiger partial charge in [-0.05, 0) is 54.3 Å². The molecule has 0 aliphatic heterocycles. The lowest BCUT2D eigenvalue weighted by atomic mass is 10.2. The van der Waals surface area contributed by atoms with Crippen molar-refractivity contribution in [2.45, 2.75) is 60.8 Å². The van der Waals surface area contributed by atoms with Gasteiger partial charge in [-0.3, -0.25) is 0 Å². The molecular formula is C21H45BO3S3. The van der Waals surface area contributed by atoms with Gasteiger partial charge in [0.2, 0.25) is 0 Å². The minimum Gasteiger partial charge on any atom is -0.385 e. The predicted octanol–water partition coefficient (Wildman–Crippen LogP) is 6.36. The first kappa shape index (κ1) is 29.0. The zero-order valence-corrected chi connectivity index (χ0v) is 21.7. The minimum absolute atomic E-state index is 0.512. The van der Waals surface area contributed by atoms with Gasteiger partial charge >= 0.3 is 7.32 Å². The van der Waals surface area contributed by atoms with Crippen molar-refractivity contribution < 1.29 is 14.0 Å². The van der Waals surface area contributed by atoms with Crippen LogP contribution in [0.2, 0.25) is 0 Å². The summed E-state index contributed by atoms with van der Waals surface area (Å²) in [5, 5.41) is 0. The van der Waals surface area contributed by atoms with Gasteiger partial charge in [0, 0.05) is 37.1 Å². The van der Waals surface area contributed by atoms with Crippen LogP contribution in [0.4, 0.5) is 0 Å². The second-order valence-electron chi connectivity index (χ2n) is 8.29. The van der Waals surface area contributed by atoms with Crippen molar-refractivity contribution in [3.63, 3.8) is 0 Å². The van der Waals surface area contributed by atoms with E-state index in [-0.39, 0.29) is 0 Å². The standard InChI is InChI=1S/C21H45BO3S3/c1-19(2)7-13-26-16-10-23-22(24-11-17-27-14-8-20(3)4)25-12-18-28-15-9-21(5)6/h19-21H,7-18H2,1-6H3. The van der Waals surface area contributed by atoms with Crippen LogP contribution in [0.3, 0.4) is 0 Å². The largest absolute Gasteiger partial charge is 0.639 e. The van der Waals surface area contributed by atoms with E-state index in [0.717, 1.165) is 35.0 Å². The lowest BCUT2D eigenvalue weighted by molar-refractivity contribution is 0.109. The third kappa shape index (κ3) is 23.3. The van der Waals surface area contributed by atoms with Crippen LogP contribution >= 0.6 is 35.3 Å². The smallest absolute Gasteiger partial charge is 0.385 e. The Morgan fingerprint density at radius 2 is 0.786 bits per heavy atom. The molecule has 0 unspecified atom stereocenters. The van der Waals surface area contributed by atoms with E-state index in [4.69, 9.17) is 14.0 Å². The molecule has 28 heavy (non-hydrogen) atoms. The van der Waals surface area contributed by atoms with Crippen LogP contribution in [0, 0.1) is 17.8 Å². The maximum Gasteiger partial charge on any atom is 0.639 e. The highest BCUT2D eigenvalue weighted by molar-refractivity contribution is 7.99. The van der Waals surface area contributed by atoms with Gasteiger partial charge in [0.1, 0.15) is 0 Å². The van der Waals surface area contributed by atoms with E-state index in [0.29, 0.717) is 19.8 Å². The average molecular weight is 453 g/mol. The summed E-state index contributed by atoms with van der Waals surface area (Å²) in [6.07, 6.45) is 3.80. The van der Waals surface area contributed by atoms with E-state index in [2.05, 4.69) is 41.5 Å². The zero-order valence-electron chi connectivity index (χ0n) is 19.2. The summed E-state index contributed by atoms with van der Waals surface area (Å²) in [4.78, 5) is 0. The molecule has 0 atom stereocenters. The molecule has 0 saturated carbocycles. The first-order chi connectivity index (χ1) is 13.4. The fourth-order valence-corrected chi connectivity index (χ4v) is 5.19. The van der Waals surface area contributed by atoms with Crippen molar-refractivity contribution in [1.82, 2.24) is 0 Å². The lowest BCUT2D eigenvalue weighted by Crippen LogP contribution is -2.30. The van der Waals surface area contributed by atoms with Crippen LogP contribution in [-0.2, 0) is 14.0 Å². The van der Waals surface area contributed by atoms with Crippen molar-refractivity contribution in [2.24, 2.45) is 17.8 Å². The van der Waals surface area contributed by atoms with Gasteiger partial charge < -0.3 is 14.0 Å². The van der Waals surface area contributed by atoms with E-state index in [1.807, 2.05) is 35.3 Å². The quantitative estimate of drug-likeness (QED) is 0.149. The van der Waals surface area contributed by atoms with Crippen molar-refractivity contribution in [1.29, 1.82) is 0 Å². The molecule has 0 saturated heterocycles. The molecule has 0 aliphatic rings. The van der Waals surface area contributed by atoms with E-state index < -0.39 is 7.32 Å². The molecule has 3 nitrogen and oxygen atoms in total. The van der Waals surface area contributed by atoms with Gasteiger partial charge in [0.05, 0.1) is 0 Å². The molecule has 0 aromatic heterocycles. The van der Waals surface area contributed by atoms with E-state index in [9.17, 15) is 0 Å². The molecule has 0 radical (unpaired) electrons. The molecule has 0 rings (SSSR count). The second kappa shape index (κ2) is 21.2. The molecule has 0 aliphatic carbocycles. The summed E-state index contributed by atoms with van der Waals surface area (Å²) >= 11 is 5.86.